The highest BCUT2D eigenvalue weighted by molar-refractivity contribution is 9.11. The number of anilines is 1. The number of nitrogens with zero attached hydrogens (tertiary/aromatic N) is 1. The van der Waals surface area contributed by atoms with Crippen molar-refractivity contribution in [3.63, 3.8) is 0 Å². The fourth-order valence-corrected chi connectivity index (χ4v) is 4.98. The van der Waals surface area contributed by atoms with Crippen molar-refractivity contribution in [2.75, 3.05) is 25.2 Å². The molecule has 0 aliphatic rings. The van der Waals surface area contributed by atoms with Gasteiger partial charge in [0.15, 0.2) is 5.75 Å². The zero-order valence-corrected chi connectivity index (χ0v) is 23.9. The van der Waals surface area contributed by atoms with Crippen molar-refractivity contribution in [1.82, 2.24) is 0 Å². The summed E-state index contributed by atoms with van der Waals surface area (Å²) in [5, 5.41) is 0. The van der Waals surface area contributed by atoms with E-state index >= 15 is 0 Å². The molecule has 1 atom stereocenters. The number of benzene rings is 3. The number of ether oxygens (including phenoxy) is 3. The first kappa shape index (κ1) is 27.7. The van der Waals surface area contributed by atoms with Crippen LogP contribution in [0.25, 0.3) is 0 Å². The average molecular weight is 619 g/mol. The monoisotopic (exact) mass is 617 g/mol. The van der Waals surface area contributed by atoms with Gasteiger partial charge in [-0.1, -0.05) is 32.0 Å². The number of halogens is 2. The topological polar surface area (TPSA) is 65.1 Å². The lowest BCUT2D eigenvalue weighted by atomic mass is 9.97. The molecule has 0 aromatic heterocycles. The van der Waals surface area contributed by atoms with Gasteiger partial charge in [-0.2, -0.15) is 0 Å². The van der Waals surface area contributed by atoms with E-state index < -0.39 is 5.97 Å². The average Bonchev–Trinajstić information content (AvgIpc) is 2.89. The maximum atomic E-state index is 13.3. The van der Waals surface area contributed by atoms with Gasteiger partial charge in [-0.25, -0.2) is 0 Å². The number of carbonyl (C=O) groups is 2. The predicted molar refractivity (Wildman–Crippen MR) is 148 cm³/mol. The third-order valence-corrected chi connectivity index (χ3v) is 6.90. The number of methoxy groups -OCH3 is 1. The van der Waals surface area contributed by atoms with Crippen LogP contribution in [0.4, 0.5) is 5.69 Å². The largest absolute Gasteiger partial charge is 0.496 e. The van der Waals surface area contributed by atoms with E-state index in [9.17, 15) is 9.59 Å². The molecule has 0 aliphatic carbocycles. The Morgan fingerprint density at radius 3 is 2.22 bits per heavy atom. The molecule has 36 heavy (non-hydrogen) atoms. The van der Waals surface area contributed by atoms with Gasteiger partial charge in [-0.3, -0.25) is 14.5 Å². The van der Waals surface area contributed by atoms with E-state index in [1.54, 1.807) is 50.4 Å². The van der Waals surface area contributed by atoms with E-state index in [1.165, 1.54) is 4.90 Å². The van der Waals surface area contributed by atoms with Crippen molar-refractivity contribution < 1.29 is 23.8 Å². The molecule has 6 nitrogen and oxygen atoms in total. The Labute approximate surface area is 228 Å². The lowest BCUT2D eigenvalue weighted by Gasteiger charge is -2.23. The summed E-state index contributed by atoms with van der Waals surface area (Å²) in [6.45, 7) is 6.00. The van der Waals surface area contributed by atoms with Crippen LogP contribution in [0.3, 0.4) is 0 Å². The minimum absolute atomic E-state index is 0.225. The molecule has 0 fully saturated rings. The highest BCUT2D eigenvalue weighted by atomic mass is 79.9. The van der Waals surface area contributed by atoms with Gasteiger partial charge in [0.05, 0.1) is 22.7 Å². The van der Waals surface area contributed by atoms with Crippen molar-refractivity contribution in [2.24, 2.45) is 0 Å². The van der Waals surface area contributed by atoms with E-state index in [4.69, 9.17) is 14.2 Å². The number of esters is 1. The summed E-state index contributed by atoms with van der Waals surface area (Å²) in [6, 6.07) is 18.0. The van der Waals surface area contributed by atoms with Gasteiger partial charge in [0, 0.05) is 16.8 Å². The van der Waals surface area contributed by atoms with Gasteiger partial charge in [0.2, 0.25) is 0 Å². The van der Waals surface area contributed by atoms with Crippen molar-refractivity contribution in [3.05, 3.63) is 80.7 Å². The summed E-state index contributed by atoms with van der Waals surface area (Å²) >= 11 is 7.16. The van der Waals surface area contributed by atoms with Crippen LogP contribution in [-0.4, -0.2) is 32.1 Å². The first-order valence-corrected chi connectivity index (χ1v) is 13.2. The van der Waals surface area contributed by atoms with Crippen molar-refractivity contribution >= 4 is 49.4 Å². The molecule has 0 radical (unpaired) electrons. The van der Waals surface area contributed by atoms with E-state index in [1.807, 2.05) is 24.3 Å². The van der Waals surface area contributed by atoms with Crippen LogP contribution < -0.4 is 14.4 Å². The van der Waals surface area contributed by atoms with E-state index in [0.717, 1.165) is 17.7 Å². The molecule has 1 amide bonds. The summed E-state index contributed by atoms with van der Waals surface area (Å²) in [6.07, 6.45) is 0.966. The molecule has 0 spiro atoms. The lowest BCUT2D eigenvalue weighted by Crippen LogP contribution is -2.36. The van der Waals surface area contributed by atoms with Crippen LogP contribution in [0.2, 0.25) is 0 Å². The fourth-order valence-electron chi connectivity index (χ4n) is 3.65. The van der Waals surface area contributed by atoms with E-state index in [2.05, 4.69) is 45.7 Å². The van der Waals surface area contributed by atoms with Crippen LogP contribution in [0, 0.1) is 0 Å². The maximum absolute atomic E-state index is 13.3. The van der Waals surface area contributed by atoms with Gasteiger partial charge in [0.25, 0.3) is 5.91 Å². The number of hydrogen-bond donors (Lipinski definition) is 0. The van der Waals surface area contributed by atoms with Crippen LogP contribution in [0.15, 0.2) is 69.6 Å². The number of carbonyl (C=O) groups excluding carboxylic acids is 2. The van der Waals surface area contributed by atoms with Crippen LogP contribution in [-0.2, 0) is 9.53 Å². The molecule has 3 aromatic carbocycles. The number of hydrogen-bond acceptors (Lipinski definition) is 5. The zero-order chi connectivity index (χ0) is 26.2. The molecule has 8 heteroatoms. The summed E-state index contributed by atoms with van der Waals surface area (Å²) in [7, 11) is 1.66. The SMILES string of the molecule is CCOC(=O)CN(C(=O)c1ccccc1)c1cc(Br)c(Oc2ccc(OC)c(C(C)CC)c2)c(Br)c1. The molecule has 0 bridgehead atoms. The Morgan fingerprint density at radius 1 is 0.972 bits per heavy atom. The molecule has 3 aromatic rings. The standard InChI is InChI=1S/C28H29Br2NO5/c1-5-18(3)22-16-21(12-13-25(22)34-4)36-27-23(29)14-20(15-24(27)30)31(17-26(32)35-6-2)28(33)19-10-8-7-9-11-19/h7-16,18H,5-6,17H2,1-4H3. The van der Waals surface area contributed by atoms with Crippen LogP contribution >= 0.6 is 31.9 Å². The molecule has 0 saturated heterocycles. The molecule has 1 unspecified atom stereocenters. The van der Waals surface area contributed by atoms with Crippen molar-refractivity contribution in [2.45, 2.75) is 33.1 Å². The first-order chi connectivity index (χ1) is 17.3. The Hall–Kier alpha value is -2.84. The smallest absolute Gasteiger partial charge is 0.326 e. The molecular weight excluding hydrogens is 590 g/mol. The highest BCUT2D eigenvalue weighted by Gasteiger charge is 2.24. The van der Waals surface area contributed by atoms with Crippen LogP contribution in [0.1, 0.15) is 49.0 Å². The Kier molecular flexibility index (Phi) is 9.96. The summed E-state index contributed by atoms with van der Waals surface area (Å²) in [4.78, 5) is 27.0. The van der Waals surface area contributed by atoms with Gasteiger partial charge < -0.3 is 14.2 Å². The lowest BCUT2D eigenvalue weighted by molar-refractivity contribution is -0.141. The molecular formula is C28H29Br2NO5. The number of rotatable bonds is 10. The third kappa shape index (κ3) is 6.68. The fraction of sp³-hybridized carbons (Fsp3) is 0.286. The summed E-state index contributed by atoms with van der Waals surface area (Å²) < 4.78 is 18.1. The van der Waals surface area contributed by atoms with E-state index in [-0.39, 0.29) is 19.1 Å². The van der Waals surface area contributed by atoms with Crippen molar-refractivity contribution in [1.29, 1.82) is 0 Å². The minimum atomic E-state index is -0.495. The zero-order valence-electron chi connectivity index (χ0n) is 20.7. The Balaban J connectivity index is 1.96. The highest BCUT2D eigenvalue weighted by Crippen LogP contribution is 2.42. The first-order valence-electron chi connectivity index (χ1n) is 11.7. The molecule has 0 saturated carbocycles. The molecule has 3 rings (SSSR count). The maximum Gasteiger partial charge on any atom is 0.326 e. The second-order valence-corrected chi connectivity index (χ2v) is 9.82. The predicted octanol–water partition coefficient (Wildman–Crippen LogP) is 7.74. The van der Waals surface area contributed by atoms with Gasteiger partial charge in [-0.15, -0.1) is 0 Å². The molecule has 190 valence electrons. The van der Waals surface area contributed by atoms with E-state index in [0.29, 0.717) is 37.6 Å². The molecule has 0 aliphatic heterocycles. The molecule has 0 heterocycles. The Morgan fingerprint density at radius 2 is 1.64 bits per heavy atom. The van der Waals surface area contributed by atoms with Gasteiger partial charge in [-0.05, 0) is 93.6 Å². The quantitative estimate of drug-likeness (QED) is 0.218. The Bertz CT molecular complexity index is 1190. The third-order valence-electron chi connectivity index (χ3n) is 5.72. The summed E-state index contributed by atoms with van der Waals surface area (Å²) in [5.74, 6) is 1.51. The normalized spacial score (nSPS) is 11.5. The summed E-state index contributed by atoms with van der Waals surface area (Å²) in [5.41, 5.74) is 2.04. The second-order valence-electron chi connectivity index (χ2n) is 8.12. The second kappa shape index (κ2) is 12.9. The van der Waals surface area contributed by atoms with Gasteiger partial charge >= 0.3 is 5.97 Å². The minimum Gasteiger partial charge on any atom is -0.496 e. The van der Waals surface area contributed by atoms with Crippen molar-refractivity contribution in [3.8, 4) is 17.2 Å². The van der Waals surface area contributed by atoms with Crippen LogP contribution in [0.5, 0.6) is 17.2 Å². The van der Waals surface area contributed by atoms with Gasteiger partial charge in [0.1, 0.15) is 18.0 Å². The molecule has 0 N–H and O–H groups in total. The number of amides is 1.